The molecule has 1 heterocycles. The lowest BCUT2D eigenvalue weighted by molar-refractivity contribution is 0.132. The van der Waals surface area contributed by atoms with Crippen molar-refractivity contribution in [3.05, 3.63) is 23.8 Å². The van der Waals surface area contributed by atoms with Crippen LogP contribution in [0.25, 0.3) is 0 Å². The molecule has 5 nitrogen and oxygen atoms in total. The van der Waals surface area contributed by atoms with Gasteiger partial charge in [-0.25, -0.2) is 0 Å². The van der Waals surface area contributed by atoms with Gasteiger partial charge >= 0.3 is 0 Å². The number of fused-ring (bicyclic) bond motifs is 1. The SMILES string of the molecule is CN=C(NCCOc1cccc2c1OC(C)(C)C2)NC1CC1C. The van der Waals surface area contributed by atoms with E-state index in [4.69, 9.17) is 9.47 Å². The summed E-state index contributed by atoms with van der Waals surface area (Å²) in [6, 6.07) is 6.67. The van der Waals surface area contributed by atoms with Crippen molar-refractivity contribution in [2.75, 3.05) is 20.2 Å². The Bertz CT molecular complexity index is 598. The van der Waals surface area contributed by atoms with Crippen LogP contribution < -0.4 is 20.1 Å². The van der Waals surface area contributed by atoms with Crippen LogP contribution in [0.4, 0.5) is 0 Å². The smallest absolute Gasteiger partial charge is 0.191 e. The fourth-order valence-corrected chi connectivity index (χ4v) is 2.92. The Kier molecular flexibility index (Phi) is 4.37. The zero-order chi connectivity index (χ0) is 16.4. The Hall–Kier alpha value is -1.91. The molecule has 1 fully saturated rings. The molecule has 2 N–H and O–H groups in total. The number of benzene rings is 1. The van der Waals surface area contributed by atoms with Crippen LogP contribution in [-0.2, 0) is 6.42 Å². The summed E-state index contributed by atoms with van der Waals surface area (Å²) in [4.78, 5) is 4.24. The van der Waals surface area contributed by atoms with Crippen LogP contribution in [0, 0.1) is 5.92 Å². The predicted molar refractivity (Wildman–Crippen MR) is 92.4 cm³/mol. The third-order valence-electron chi connectivity index (χ3n) is 4.36. The number of hydrogen-bond acceptors (Lipinski definition) is 3. The van der Waals surface area contributed by atoms with E-state index in [-0.39, 0.29) is 5.60 Å². The van der Waals surface area contributed by atoms with Crippen molar-refractivity contribution >= 4 is 5.96 Å². The minimum Gasteiger partial charge on any atom is -0.488 e. The van der Waals surface area contributed by atoms with E-state index in [0.717, 1.165) is 29.8 Å². The Labute approximate surface area is 138 Å². The molecule has 5 heteroatoms. The summed E-state index contributed by atoms with van der Waals surface area (Å²) >= 11 is 0. The zero-order valence-corrected chi connectivity index (χ0v) is 14.5. The Morgan fingerprint density at radius 2 is 2.22 bits per heavy atom. The molecule has 1 aliphatic carbocycles. The monoisotopic (exact) mass is 317 g/mol. The van der Waals surface area contributed by atoms with E-state index >= 15 is 0 Å². The molecule has 0 amide bonds. The number of nitrogens with one attached hydrogen (secondary N) is 2. The van der Waals surface area contributed by atoms with Crippen LogP contribution in [0.1, 0.15) is 32.8 Å². The van der Waals surface area contributed by atoms with Crippen molar-refractivity contribution in [1.29, 1.82) is 0 Å². The molecule has 1 aromatic carbocycles. The van der Waals surface area contributed by atoms with Crippen molar-refractivity contribution in [3.8, 4) is 11.5 Å². The molecule has 0 radical (unpaired) electrons. The lowest BCUT2D eigenvalue weighted by Gasteiger charge is -2.18. The average molecular weight is 317 g/mol. The number of para-hydroxylation sites is 1. The number of guanidine groups is 1. The summed E-state index contributed by atoms with van der Waals surface area (Å²) in [5.41, 5.74) is 1.08. The highest BCUT2D eigenvalue weighted by atomic mass is 16.5. The fourth-order valence-electron chi connectivity index (χ4n) is 2.92. The van der Waals surface area contributed by atoms with Crippen LogP contribution in [-0.4, -0.2) is 37.8 Å². The van der Waals surface area contributed by atoms with Gasteiger partial charge in [0.1, 0.15) is 12.2 Å². The average Bonchev–Trinajstić information content (AvgIpc) is 3.08. The molecule has 0 aromatic heterocycles. The van der Waals surface area contributed by atoms with E-state index in [9.17, 15) is 0 Å². The Morgan fingerprint density at radius 3 is 2.91 bits per heavy atom. The van der Waals surface area contributed by atoms with E-state index < -0.39 is 0 Å². The van der Waals surface area contributed by atoms with Crippen LogP contribution in [0.5, 0.6) is 11.5 Å². The first-order chi connectivity index (χ1) is 11.0. The third-order valence-corrected chi connectivity index (χ3v) is 4.36. The molecule has 0 saturated heterocycles. The molecule has 0 bridgehead atoms. The minimum atomic E-state index is -0.146. The molecule has 3 rings (SSSR count). The molecule has 2 aliphatic rings. The quantitative estimate of drug-likeness (QED) is 0.497. The molecule has 0 spiro atoms. The molecule has 1 saturated carbocycles. The summed E-state index contributed by atoms with van der Waals surface area (Å²) < 4.78 is 11.9. The van der Waals surface area contributed by atoms with Crippen molar-refractivity contribution in [2.24, 2.45) is 10.9 Å². The highest BCUT2D eigenvalue weighted by Crippen LogP contribution is 2.41. The fraction of sp³-hybridized carbons (Fsp3) is 0.611. The maximum absolute atomic E-state index is 6.02. The number of rotatable bonds is 5. The number of aliphatic imine (C=N–C) groups is 1. The molecule has 2 unspecified atom stereocenters. The van der Waals surface area contributed by atoms with Gasteiger partial charge in [0.25, 0.3) is 0 Å². The van der Waals surface area contributed by atoms with Crippen molar-refractivity contribution in [2.45, 2.75) is 45.3 Å². The molecule has 1 aliphatic heterocycles. The highest BCUT2D eigenvalue weighted by Gasteiger charge is 2.33. The van der Waals surface area contributed by atoms with Gasteiger partial charge in [-0.1, -0.05) is 19.1 Å². The van der Waals surface area contributed by atoms with E-state index in [2.05, 4.69) is 42.5 Å². The molecular weight excluding hydrogens is 290 g/mol. The second-order valence-electron chi connectivity index (χ2n) is 7.09. The van der Waals surface area contributed by atoms with Crippen molar-refractivity contribution in [3.63, 3.8) is 0 Å². The van der Waals surface area contributed by atoms with Gasteiger partial charge in [0.05, 0.1) is 6.54 Å². The van der Waals surface area contributed by atoms with E-state index in [1.165, 1.54) is 12.0 Å². The summed E-state index contributed by atoms with van der Waals surface area (Å²) in [6.45, 7) is 7.72. The van der Waals surface area contributed by atoms with E-state index in [0.29, 0.717) is 19.2 Å². The van der Waals surface area contributed by atoms with Crippen LogP contribution in [0.15, 0.2) is 23.2 Å². The Balaban J connectivity index is 1.47. The van der Waals surface area contributed by atoms with Crippen molar-refractivity contribution < 1.29 is 9.47 Å². The number of nitrogens with zero attached hydrogens (tertiary/aromatic N) is 1. The second kappa shape index (κ2) is 6.30. The number of ether oxygens (including phenoxy) is 2. The van der Waals surface area contributed by atoms with E-state index in [1.807, 2.05) is 12.1 Å². The highest BCUT2D eigenvalue weighted by molar-refractivity contribution is 5.80. The van der Waals surface area contributed by atoms with Gasteiger partial charge in [0.15, 0.2) is 17.5 Å². The number of hydrogen-bond donors (Lipinski definition) is 2. The van der Waals surface area contributed by atoms with Crippen LogP contribution in [0.3, 0.4) is 0 Å². The van der Waals surface area contributed by atoms with Gasteiger partial charge in [-0.05, 0) is 32.3 Å². The summed E-state index contributed by atoms with van der Waals surface area (Å²) in [5.74, 6) is 3.32. The maximum Gasteiger partial charge on any atom is 0.191 e. The lowest BCUT2D eigenvalue weighted by atomic mass is 10.0. The van der Waals surface area contributed by atoms with Crippen molar-refractivity contribution in [1.82, 2.24) is 10.6 Å². The Morgan fingerprint density at radius 1 is 1.43 bits per heavy atom. The minimum absolute atomic E-state index is 0.146. The van der Waals surface area contributed by atoms with Gasteiger partial charge < -0.3 is 20.1 Å². The molecular formula is C18H27N3O2. The summed E-state index contributed by atoms with van der Waals surface area (Å²) in [6.07, 6.45) is 2.15. The first-order valence-electron chi connectivity index (χ1n) is 8.39. The normalized spacial score (nSPS) is 24.6. The topological polar surface area (TPSA) is 54.9 Å². The third kappa shape index (κ3) is 3.89. The van der Waals surface area contributed by atoms with E-state index in [1.54, 1.807) is 7.05 Å². The van der Waals surface area contributed by atoms with Crippen LogP contribution >= 0.6 is 0 Å². The molecule has 1 aromatic rings. The van der Waals surface area contributed by atoms with Gasteiger partial charge in [-0.3, -0.25) is 4.99 Å². The van der Waals surface area contributed by atoms with Crippen LogP contribution in [0.2, 0.25) is 0 Å². The lowest BCUT2D eigenvalue weighted by Crippen LogP contribution is -2.40. The first kappa shape index (κ1) is 16.0. The standard InChI is InChI=1S/C18H27N3O2/c1-12-10-14(12)21-17(19-4)20-8-9-22-15-7-5-6-13-11-18(2,3)23-16(13)15/h5-7,12,14H,8-11H2,1-4H3,(H2,19,20,21). The maximum atomic E-state index is 6.02. The van der Waals surface area contributed by atoms with Gasteiger partial charge in [0, 0.05) is 25.1 Å². The molecule has 23 heavy (non-hydrogen) atoms. The molecule has 126 valence electrons. The van der Waals surface area contributed by atoms with Gasteiger partial charge in [-0.2, -0.15) is 0 Å². The first-order valence-corrected chi connectivity index (χ1v) is 8.39. The van der Waals surface area contributed by atoms with Gasteiger partial charge in [-0.15, -0.1) is 0 Å². The summed E-state index contributed by atoms with van der Waals surface area (Å²) in [5, 5.41) is 6.69. The largest absolute Gasteiger partial charge is 0.488 e. The van der Waals surface area contributed by atoms with Gasteiger partial charge in [0.2, 0.25) is 0 Å². The second-order valence-corrected chi connectivity index (χ2v) is 7.09. The molecule has 2 atom stereocenters. The summed E-state index contributed by atoms with van der Waals surface area (Å²) in [7, 11) is 1.79. The zero-order valence-electron chi connectivity index (χ0n) is 14.5. The predicted octanol–water partition coefficient (Wildman–Crippen LogP) is 2.35.